The Morgan fingerprint density at radius 1 is 0.421 bits per heavy atom. The minimum Gasteiger partial charge on any atom is -0.315 e. The molecule has 0 atom stereocenters. The van der Waals surface area contributed by atoms with Crippen molar-refractivity contribution in [3.63, 3.8) is 0 Å². The molecule has 0 radical (unpaired) electrons. The fourth-order valence-corrected chi connectivity index (χ4v) is 2.08. The Balaban J connectivity index is 2.88. The van der Waals surface area contributed by atoms with Gasteiger partial charge in [0.2, 0.25) is 0 Å². The Kier molecular flexibility index (Phi) is 17.8. The van der Waals surface area contributed by atoms with Crippen molar-refractivity contribution in [2.45, 2.75) is 65.2 Å². The molecule has 0 saturated carbocycles. The van der Waals surface area contributed by atoms with Gasteiger partial charge in [-0.1, -0.05) is 52.4 Å². The van der Waals surface area contributed by atoms with Crippen LogP contribution in [0, 0.1) is 0 Å². The van der Waals surface area contributed by atoms with E-state index < -0.39 is 0 Å². The number of hydrogen-bond donors (Lipinski definition) is 3. The SMILES string of the molecule is CCCCCCNCCNCCNCCCCCC. The Hall–Kier alpha value is -0.120. The van der Waals surface area contributed by atoms with E-state index in [-0.39, 0.29) is 0 Å². The van der Waals surface area contributed by atoms with Crippen LogP contribution in [0.5, 0.6) is 0 Å². The molecule has 0 amide bonds. The quantitative estimate of drug-likeness (QED) is 0.378. The van der Waals surface area contributed by atoms with Gasteiger partial charge in [-0.05, 0) is 25.9 Å². The van der Waals surface area contributed by atoms with E-state index in [1.165, 1.54) is 64.5 Å². The summed E-state index contributed by atoms with van der Waals surface area (Å²) < 4.78 is 0. The highest BCUT2D eigenvalue weighted by Gasteiger charge is 1.91. The van der Waals surface area contributed by atoms with Crippen molar-refractivity contribution in [2.24, 2.45) is 0 Å². The number of unbranched alkanes of at least 4 members (excludes halogenated alkanes) is 6. The molecule has 0 aliphatic rings. The van der Waals surface area contributed by atoms with E-state index in [0.29, 0.717) is 0 Å². The summed E-state index contributed by atoms with van der Waals surface area (Å²) in [5, 5.41) is 10.4. The van der Waals surface area contributed by atoms with Gasteiger partial charge >= 0.3 is 0 Å². The topological polar surface area (TPSA) is 36.1 Å². The van der Waals surface area contributed by atoms with Gasteiger partial charge in [0.1, 0.15) is 0 Å². The lowest BCUT2D eigenvalue weighted by Crippen LogP contribution is -2.33. The monoisotopic (exact) mass is 271 g/mol. The van der Waals surface area contributed by atoms with Gasteiger partial charge in [0.25, 0.3) is 0 Å². The summed E-state index contributed by atoms with van der Waals surface area (Å²) in [6.07, 6.45) is 10.8. The van der Waals surface area contributed by atoms with E-state index in [2.05, 4.69) is 29.8 Å². The van der Waals surface area contributed by atoms with E-state index in [1.54, 1.807) is 0 Å². The Morgan fingerprint density at radius 2 is 0.789 bits per heavy atom. The molecule has 0 fully saturated rings. The molecule has 0 aliphatic carbocycles. The largest absolute Gasteiger partial charge is 0.315 e. The van der Waals surface area contributed by atoms with Crippen LogP contribution in [0.15, 0.2) is 0 Å². The minimum atomic E-state index is 1.09. The first-order valence-electron chi connectivity index (χ1n) is 8.54. The predicted octanol–water partition coefficient (Wildman–Crippen LogP) is 2.92. The first kappa shape index (κ1) is 18.9. The van der Waals surface area contributed by atoms with Gasteiger partial charge in [-0.25, -0.2) is 0 Å². The van der Waals surface area contributed by atoms with Gasteiger partial charge in [0.15, 0.2) is 0 Å². The van der Waals surface area contributed by atoms with Crippen LogP contribution in [0.1, 0.15) is 65.2 Å². The highest BCUT2D eigenvalue weighted by molar-refractivity contribution is 4.55. The number of rotatable bonds is 16. The van der Waals surface area contributed by atoms with Crippen LogP contribution in [0.25, 0.3) is 0 Å². The Morgan fingerprint density at radius 3 is 1.16 bits per heavy atom. The van der Waals surface area contributed by atoms with Crippen molar-refractivity contribution in [2.75, 3.05) is 39.3 Å². The summed E-state index contributed by atoms with van der Waals surface area (Å²) in [7, 11) is 0. The summed E-state index contributed by atoms with van der Waals surface area (Å²) in [4.78, 5) is 0. The third-order valence-corrected chi connectivity index (χ3v) is 3.37. The molecule has 3 N–H and O–H groups in total. The molecule has 0 aromatic heterocycles. The second-order valence-electron chi connectivity index (χ2n) is 5.37. The third-order valence-electron chi connectivity index (χ3n) is 3.37. The molecule has 0 spiro atoms. The van der Waals surface area contributed by atoms with Crippen molar-refractivity contribution >= 4 is 0 Å². The van der Waals surface area contributed by atoms with Gasteiger partial charge in [-0.3, -0.25) is 0 Å². The van der Waals surface area contributed by atoms with Crippen molar-refractivity contribution in [3.05, 3.63) is 0 Å². The van der Waals surface area contributed by atoms with Crippen molar-refractivity contribution in [1.29, 1.82) is 0 Å². The minimum absolute atomic E-state index is 1.09. The molecule has 0 heterocycles. The summed E-state index contributed by atoms with van der Waals surface area (Å²) in [6, 6.07) is 0. The van der Waals surface area contributed by atoms with E-state index in [1.807, 2.05) is 0 Å². The maximum Gasteiger partial charge on any atom is 0.00772 e. The molecule has 0 aromatic rings. The zero-order valence-corrected chi connectivity index (χ0v) is 13.4. The molecule has 3 nitrogen and oxygen atoms in total. The van der Waals surface area contributed by atoms with Gasteiger partial charge in [-0.2, -0.15) is 0 Å². The molecule has 19 heavy (non-hydrogen) atoms. The van der Waals surface area contributed by atoms with Crippen molar-refractivity contribution < 1.29 is 0 Å². The Bertz CT molecular complexity index is 135. The zero-order valence-electron chi connectivity index (χ0n) is 13.4. The zero-order chi connectivity index (χ0) is 14.0. The first-order valence-corrected chi connectivity index (χ1v) is 8.54. The summed E-state index contributed by atoms with van der Waals surface area (Å²) in [6.45, 7) is 11.3. The fraction of sp³-hybridized carbons (Fsp3) is 1.00. The van der Waals surface area contributed by atoms with Crippen molar-refractivity contribution in [1.82, 2.24) is 16.0 Å². The molecule has 0 saturated heterocycles. The summed E-state index contributed by atoms with van der Waals surface area (Å²) in [5.74, 6) is 0. The van der Waals surface area contributed by atoms with Crippen LogP contribution in [0.4, 0.5) is 0 Å². The molecule has 0 unspecified atom stereocenters. The lowest BCUT2D eigenvalue weighted by Gasteiger charge is -2.07. The van der Waals surface area contributed by atoms with E-state index >= 15 is 0 Å². The third kappa shape index (κ3) is 17.9. The van der Waals surface area contributed by atoms with Crippen LogP contribution in [-0.4, -0.2) is 39.3 Å². The highest BCUT2D eigenvalue weighted by Crippen LogP contribution is 1.97. The summed E-state index contributed by atoms with van der Waals surface area (Å²) >= 11 is 0. The average molecular weight is 271 g/mol. The van der Waals surface area contributed by atoms with Crippen LogP contribution in [0.2, 0.25) is 0 Å². The molecule has 116 valence electrons. The van der Waals surface area contributed by atoms with E-state index in [4.69, 9.17) is 0 Å². The smallest absolute Gasteiger partial charge is 0.00772 e. The van der Waals surface area contributed by atoms with Gasteiger partial charge in [0.05, 0.1) is 0 Å². The molecule has 0 aliphatic heterocycles. The standard InChI is InChI=1S/C16H37N3/c1-3-5-7-9-11-17-13-15-19-16-14-18-12-10-8-6-4-2/h17-19H,3-16H2,1-2H3. The Labute approximate surface area is 121 Å². The number of nitrogens with one attached hydrogen (secondary N) is 3. The molecular weight excluding hydrogens is 234 g/mol. The second kappa shape index (κ2) is 17.9. The number of hydrogen-bond acceptors (Lipinski definition) is 3. The van der Waals surface area contributed by atoms with Crippen LogP contribution in [0.3, 0.4) is 0 Å². The normalized spacial score (nSPS) is 11.1. The molecule has 0 rings (SSSR count). The van der Waals surface area contributed by atoms with Gasteiger partial charge in [-0.15, -0.1) is 0 Å². The van der Waals surface area contributed by atoms with Crippen LogP contribution >= 0.6 is 0 Å². The summed E-state index contributed by atoms with van der Waals surface area (Å²) in [5.41, 5.74) is 0. The molecule has 3 heteroatoms. The maximum absolute atomic E-state index is 3.49. The highest BCUT2D eigenvalue weighted by atomic mass is 15.0. The van der Waals surface area contributed by atoms with Gasteiger partial charge in [0, 0.05) is 26.2 Å². The van der Waals surface area contributed by atoms with E-state index in [9.17, 15) is 0 Å². The van der Waals surface area contributed by atoms with E-state index in [0.717, 1.165) is 26.2 Å². The second-order valence-corrected chi connectivity index (χ2v) is 5.37. The molecular formula is C16H37N3. The lowest BCUT2D eigenvalue weighted by molar-refractivity contribution is 0.549. The molecule has 0 bridgehead atoms. The van der Waals surface area contributed by atoms with Crippen molar-refractivity contribution in [3.8, 4) is 0 Å². The van der Waals surface area contributed by atoms with Crippen LogP contribution < -0.4 is 16.0 Å². The predicted molar refractivity (Wildman–Crippen MR) is 86.9 cm³/mol. The molecule has 0 aromatic carbocycles. The fourth-order valence-electron chi connectivity index (χ4n) is 2.08. The van der Waals surface area contributed by atoms with Gasteiger partial charge < -0.3 is 16.0 Å². The first-order chi connectivity index (χ1) is 9.41. The van der Waals surface area contributed by atoms with Crippen LogP contribution in [-0.2, 0) is 0 Å². The lowest BCUT2D eigenvalue weighted by atomic mass is 10.2. The maximum atomic E-state index is 3.49. The average Bonchev–Trinajstić information content (AvgIpc) is 2.43.